The zero-order chi connectivity index (χ0) is 23.8. The standard InChI is InChI=1S/C27H38N4O3/c1-34-25-12-8-21(9-13-25)23-17-29-27(30-18-23)31-24-10-4-19(5-11-24)14-15-28-16-20-2-6-22(7-3-20)26(32)33/h4-5,8-13,20,22-23,27-31H,2-3,6-7,14-18H2,1H3,(H,32,33)/t20-,22-,23?,27?. The summed E-state index contributed by atoms with van der Waals surface area (Å²) in [4.78, 5) is 11.1. The molecule has 0 atom stereocenters. The molecule has 2 aromatic carbocycles. The molecule has 1 heterocycles. The first-order valence-corrected chi connectivity index (χ1v) is 12.5. The van der Waals surface area contributed by atoms with Crippen LogP contribution in [-0.2, 0) is 11.2 Å². The van der Waals surface area contributed by atoms with Crippen molar-refractivity contribution in [2.75, 3.05) is 38.6 Å². The van der Waals surface area contributed by atoms with Gasteiger partial charge in [0, 0.05) is 24.7 Å². The molecule has 0 amide bonds. The van der Waals surface area contributed by atoms with Crippen LogP contribution in [0.25, 0.3) is 0 Å². The van der Waals surface area contributed by atoms with Gasteiger partial charge in [-0.1, -0.05) is 24.3 Å². The first kappa shape index (κ1) is 24.5. The molecule has 1 aliphatic heterocycles. The third-order valence-corrected chi connectivity index (χ3v) is 7.21. The Bertz CT molecular complexity index is 887. The lowest BCUT2D eigenvalue weighted by Gasteiger charge is -2.32. The van der Waals surface area contributed by atoms with Gasteiger partial charge in [-0.15, -0.1) is 0 Å². The Morgan fingerprint density at radius 3 is 2.29 bits per heavy atom. The highest BCUT2D eigenvalue weighted by Crippen LogP contribution is 2.28. The van der Waals surface area contributed by atoms with Crippen molar-refractivity contribution in [2.45, 2.75) is 44.3 Å². The average Bonchev–Trinajstić information content (AvgIpc) is 2.88. The minimum Gasteiger partial charge on any atom is -0.497 e. The minimum absolute atomic E-state index is 0.0539. The van der Waals surface area contributed by atoms with E-state index in [0.29, 0.717) is 11.8 Å². The number of ether oxygens (including phenoxy) is 1. The van der Waals surface area contributed by atoms with E-state index in [1.54, 1.807) is 7.11 Å². The molecule has 2 fully saturated rings. The predicted octanol–water partition coefficient (Wildman–Crippen LogP) is 3.39. The molecule has 34 heavy (non-hydrogen) atoms. The highest BCUT2D eigenvalue weighted by atomic mass is 16.5. The third-order valence-electron chi connectivity index (χ3n) is 7.21. The molecule has 1 aliphatic carbocycles. The fourth-order valence-electron chi connectivity index (χ4n) is 4.97. The van der Waals surface area contributed by atoms with Crippen LogP contribution in [0, 0.1) is 11.8 Å². The van der Waals surface area contributed by atoms with Gasteiger partial charge >= 0.3 is 5.97 Å². The summed E-state index contributed by atoms with van der Waals surface area (Å²) in [7, 11) is 1.69. The molecule has 7 heteroatoms. The molecule has 1 saturated heterocycles. The minimum atomic E-state index is -0.628. The summed E-state index contributed by atoms with van der Waals surface area (Å²) in [5.74, 6) is 1.18. The van der Waals surface area contributed by atoms with Crippen LogP contribution >= 0.6 is 0 Å². The van der Waals surface area contributed by atoms with E-state index in [-0.39, 0.29) is 12.2 Å². The molecule has 0 aromatic heterocycles. The highest BCUT2D eigenvalue weighted by molar-refractivity contribution is 5.70. The number of hydrogen-bond acceptors (Lipinski definition) is 6. The Hall–Kier alpha value is -2.61. The lowest BCUT2D eigenvalue weighted by molar-refractivity contribution is -0.143. The van der Waals surface area contributed by atoms with Crippen LogP contribution in [0.5, 0.6) is 5.75 Å². The molecular formula is C27H38N4O3. The maximum Gasteiger partial charge on any atom is 0.306 e. The van der Waals surface area contributed by atoms with Crippen LogP contribution in [0.15, 0.2) is 48.5 Å². The topological polar surface area (TPSA) is 94.7 Å². The van der Waals surface area contributed by atoms with Crippen molar-refractivity contribution < 1.29 is 14.6 Å². The van der Waals surface area contributed by atoms with E-state index in [9.17, 15) is 4.79 Å². The molecule has 184 valence electrons. The van der Waals surface area contributed by atoms with Crippen LogP contribution in [-0.4, -0.2) is 50.7 Å². The molecule has 0 unspecified atom stereocenters. The number of carbonyl (C=O) groups is 1. The zero-order valence-corrected chi connectivity index (χ0v) is 20.1. The summed E-state index contributed by atoms with van der Waals surface area (Å²) in [6.07, 6.45) is 4.74. The van der Waals surface area contributed by atoms with Gasteiger partial charge in [0.15, 0.2) is 0 Å². The van der Waals surface area contributed by atoms with Gasteiger partial charge < -0.3 is 20.5 Å². The van der Waals surface area contributed by atoms with Gasteiger partial charge in [-0.25, -0.2) is 0 Å². The molecular weight excluding hydrogens is 428 g/mol. The summed E-state index contributed by atoms with van der Waals surface area (Å²) in [6.45, 7) is 3.77. The molecule has 1 saturated carbocycles. The van der Waals surface area contributed by atoms with E-state index in [1.807, 2.05) is 12.1 Å². The van der Waals surface area contributed by atoms with E-state index in [0.717, 1.165) is 69.7 Å². The molecule has 0 radical (unpaired) electrons. The molecule has 5 N–H and O–H groups in total. The van der Waals surface area contributed by atoms with Crippen molar-refractivity contribution in [3.63, 3.8) is 0 Å². The predicted molar refractivity (Wildman–Crippen MR) is 135 cm³/mol. The number of aliphatic carboxylic acids is 1. The first-order valence-electron chi connectivity index (χ1n) is 12.5. The molecule has 0 bridgehead atoms. The quantitative estimate of drug-likeness (QED) is 0.343. The lowest BCUT2D eigenvalue weighted by atomic mass is 9.82. The van der Waals surface area contributed by atoms with Crippen LogP contribution in [0.4, 0.5) is 5.69 Å². The number of carboxylic acids is 1. The number of rotatable bonds is 10. The summed E-state index contributed by atoms with van der Waals surface area (Å²) in [5.41, 5.74) is 3.72. The lowest BCUT2D eigenvalue weighted by Crippen LogP contribution is -2.55. The van der Waals surface area contributed by atoms with Crippen molar-refractivity contribution in [1.29, 1.82) is 0 Å². The number of hydrogen-bond donors (Lipinski definition) is 5. The Morgan fingerprint density at radius 2 is 1.68 bits per heavy atom. The Balaban J connectivity index is 1.12. The number of methoxy groups -OCH3 is 1. The molecule has 2 aliphatic rings. The highest BCUT2D eigenvalue weighted by Gasteiger charge is 2.25. The zero-order valence-electron chi connectivity index (χ0n) is 20.1. The largest absolute Gasteiger partial charge is 0.497 e. The second kappa shape index (κ2) is 12.2. The molecule has 7 nitrogen and oxygen atoms in total. The van der Waals surface area contributed by atoms with Gasteiger partial charge in [0.25, 0.3) is 0 Å². The summed E-state index contributed by atoms with van der Waals surface area (Å²) in [5, 5.41) is 23.3. The first-order chi connectivity index (χ1) is 16.6. The Labute approximate surface area is 202 Å². The van der Waals surface area contributed by atoms with Gasteiger partial charge in [0.1, 0.15) is 12.0 Å². The van der Waals surface area contributed by atoms with Gasteiger partial charge in [0.2, 0.25) is 0 Å². The van der Waals surface area contributed by atoms with Gasteiger partial charge in [-0.2, -0.15) is 0 Å². The normalized spacial score (nSPS) is 25.0. The van der Waals surface area contributed by atoms with E-state index >= 15 is 0 Å². The maximum atomic E-state index is 11.1. The van der Waals surface area contributed by atoms with E-state index < -0.39 is 5.97 Å². The maximum absolute atomic E-state index is 11.1. The van der Waals surface area contributed by atoms with Gasteiger partial charge in [-0.05, 0) is 86.5 Å². The molecule has 2 aromatic rings. The number of anilines is 1. The molecule has 4 rings (SSSR count). The fourth-order valence-corrected chi connectivity index (χ4v) is 4.97. The van der Waals surface area contributed by atoms with Crippen molar-refractivity contribution in [1.82, 2.24) is 16.0 Å². The summed E-state index contributed by atoms with van der Waals surface area (Å²) >= 11 is 0. The van der Waals surface area contributed by atoms with E-state index in [2.05, 4.69) is 57.7 Å². The monoisotopic (exact) mass is 466 g/mol. The van der Waals surface area contributed by atoms with Gasteiger partial charge in [0.05, 0.1) is 13.0 Å². The second-order valence-electron chi connectivity index (χ2n) is 9.57. The van der Waals surface area contributed by atoms with Crippen LogP contribution < -0.4 is 26.0 Å². The van der Waals surface area contributed by atoms with E-state index in [4.69, 9.17) is 9.84 Å². The average molecular weight is 467 g/mol. The smallest absolute Gasteiger partial charge is 0.306 e. The van der Waals surface area contributed by atoms with Crippen LogP contribution in [0.2, 0.25) is 0 Å². The third kappa shape index (κ3) is 6.95. The second-order valence-corrected chi connectivity index (χ2v) is 9.57. The van der Waals surface area contributed by atoms with Crippen molar-refractivity contribution >= 4 is 11.7 Å². The number of benzene rings is 2. The van der Waals surface area contributed by atoms with Crippen molar-refractivity contribution in [3.05, 3.63) is 59.7 Å². The SMILES string of the molecule is COc1ccc(C2CNC(Nc3ccc(CCNC[C@H]4CC[C@H](C(=O)O)CC4)cc3)NC2)cc1. The number of nitrogens with one attached hydrogen (secondary N) is 4. The van der Waals surface area contributed by atoms with Gasteiger partial charge in [-0.3, -0.25) is 15.4 Å². The fraction of sp³-hybridized carbons (Fsp3) is 0.519. The van der Waals surface area contributed by atoms with E-state index in [1.165, 1.54) is 11.1 Å². The summed E-state index contributed by atoms with van der Waals surface area (Å²) in [6, 6.07) is 17.0. The van der Waals surface area contributed by atoms with Crippen molar-refractivity contribution in [3.8, 4) is 5.75 Å². The van der Waals surface area contributed by atoms with Crippen LogP contribution in [0.1, 0.15) is 42.7 Å². The van der Waals surface area contributed by atoms with Crippen LogP contribution in [0.3, 0.4) is 0 Å². The Morgan fingerprint density at radius 1 is 1.00 bits per heavy atom. The Kier molecular flexibility index (Phi) is 8.79. The van der Waals surface area contributed by atoms with Crippen molar-refractivity contribution in [2.24, 2.45) is 11.8 Å². The number of carboxylic acid groups (broad SMARTS) is 1. The molecule has 0 spiro atoms. The summed E-state index contributed by atoms with van der Waals surface area (Å²) < 4.78 is 5.25.